The minimum absolute atomic E-state index is 0.127. The highest BCUT2D eigenvalue weighted by molar-refractivity contribution is 5.38. The fraction of sp³-hybridized carbons (Fsp3) is 0.455. The van der Waals surface area contributed by atoms with Crippen LogP contribution in [0.15, 0.2) is 18.2 Å². The summed E-state index contributed by atoms with van der Waals surface area (Å²) in [7, 11) is 0. The molecule has 1 aliphatic rings. The molecule has 1 unspecified atom stereocenters. The fourth-order valence-corrected chi connectivity index (χ4v) is 1.40. The van der Waals surface area contributed by atoms with Crippen LogP contribution in [0.2, 0.25) is 0 Å². The highest BCUT2D eigenvalue weighted by Gasteiger charge is 2.21. The van der Waals surface area contributed by atoms with Crippen LogP contribution in [0.3, 0.4) is 0 Å². The molecule has 2 heteroatoms. The van der Waals surface area contributed by atoms with Gasteiger partial charge in [-0.3, -0.25) is 0 Å². The molecule has 1 nitrogen and oxygen atoms in total. The van der Waals surface area contributed by atoms with Gasteiger partial charge in [-0.15, -0.1) is 0 Å². The van der Waals surface area contributed by atoms with Gasteiger partial charge in [-0.05, 0) is 13.0 Å². The molecule has 0 bridgehead atoms. The van der Waals surface area contributed by atoms with E-state index in [-0.39, 0.29) is 11.9 Å². The summed E-state index contributed by atoms with van der Waals surface area (Å²) in [5.74, 6) is 0.201. The number of benzene rings is 1. The Morgan fingerprint density at radius 2 is 2.08 bits per heavy atom. The molecule has 1 aromatic rings. The maximum absolute atomic E-state index is 12.9. The molecule has 1 heterocycles. The first kappa shape index (κ1) is 10.0. The van der Waals surface area contributed by atoms with Crippen LogP contribution in [-0.4, -0.2) is 6.10 Å². The Morgan fingerprint density at radius 3 is 2.69 bits per heavy atom. The first-order chi connectivity index (χ1) is 6.27. The van der Waals surface area contributed by atoms with E-state index in [1.54, 1.807) is 6.07 Å². The summed E-state index contributed by atoms with van der Waals surface area (Å²) in [6.07, 6.45) is 0.953. The van der Waals surface area contributed by atoms with Crippen molar-refractivity contribution >= 4 is 0 Å². The molecule has 0 spiro atoms. The van der Waals surface area contributed by atoms with Crippen LogP contribution in [0.25, 0.3) is 0 Å². The van der Waals surface area contributed by atoms with E-state index in [0.29, 0.717) is 5.75 Å². The van der Waals surface area contributed by atoms with Gasteiger partial charge in [0.05, 0.1) is 0 Å². The van der Waals surface area contributed by atoms with Gasteiger partial charge < -0.3 is 4.74 Å². The van der Waals surface area contributed by atoms with Crippen molar-refractivity contribution in [2.75, 3.05) is 0 Å². The van der Waals surface area contributed by atoms with Gasteiger partial charge in [0.15, 0.2) is 11.6 Å². The van der Waals surface area contributed by atoms with Crippen molar-refractivity contribution in [1.82, 2.24) is 0 Å². The molecule has 2 rings (SSSR count). The second-order valence-electron chi connectivity index (χ2n) is 2.86. The van der Waals surface area contributed by atoms with Crippen molar-refractivity contribution in [3.05, 3.63) is 29.6 Å². The number of hydrogen-bond donors (Lipinski definition) is 0. The van der Waals surface area contributed by atoms with Crippen LogP contribution in [0.4, 0.5) is 4.39 Å². The highest BCUT2D eigenvalue weighted by Crippen LogP contribution is 2.30. The number of hydrogen-bond acceptors (Lipinski definition) is 1. The summed E-state index contributed by atoms with van der Waals surface area (Å²) in [5, 5.41) is 0. The lowest BCUT2D eigenvalue weighted by Gasteiger charge is -2.02. The maximum Gasteiger partial charge on any atom is 0.165 e. The van der Waals surface area contributed by atoms with Crippen molar-refractivity contribution < 1.29 is 9.13 Å². The third-order valence-electron chi connectivity index (χ3n) is 1.87. The molecule has 0 radical (unpaired) electrons. The molecule has 72 valence electrons. The summed E-state index contributed by atoms with van der Waals surface area (Å²) in [6.45, 7) is 5.94. The summed E-state index contributed by atoms with van der Waals surface area (Å²) >= 11 is 0. The minimum atomic E-state index is -0.244. The molecule has 0 amide bonds. The van der Waals surface area contributed by atoms with E-state index in [4.69, 9.17) is 4.74 Å². The van der Waals surface area contributed by atoms with E-state index < -0.39 is 0 Å². The third kappa shape index (κ3) is 2.00. The Labute approximate surface area is 78.5 Å². The molecule has 13 heavy (non-hydrogen) atoms. The van der Waals surface area contributed by atoms with E-state index in [2.05, 4.69) is 0 Å². The third-order valence-corrected chi connectivity index (χ3v) is 1.87. The van der Waals surface area contributed by atoms with Crippen molar-refractivity contribution in [2.45, 2.75) is 33.3 Å². The van der Waals surface area contributed by atoms with E-state index in [9.17, 15) is 4.39 Å². The van der Waals surface area contributed by atoms with Gasteiger partial charge in [0, 0.05) is 12.0 Å². The first-order valence-corrected chi connectivity index (χ1v) is 4.71. The quantitative estimate of drug-likeness (QED) is 0.598. The monoisotopic (exact) mass is 182 g/mol. The van der Waals surface area contributed by atoms with E-state index >= 15 is 0 Å². The lowest BCUT2D eigenvalue weighted by molar-refractivity contribution is 0.245. The van der Waals surface area contributed by atoms with Crippen molar-refractivity contribution in [2.24, 2.45) is 0 Å². The molecular weight excluding hydrogens is 167 g/mol. The second kappa shape index (κ2) is 4.26. The molecule has 0 aromatic heterocycles. The Bertz CT molecular complexity index is 283. The second-order valence-corrected chi connectivity index (χ2v) is 2.86. The van der Waals surface area contributed by atoms with E-state index in [0.717, 1.165) is 12.0 Å². The summed E-state index contributed by atoms with van der Waals surface area (Å²) in [5.41, 5.74) is 0.984. The van der Waals surface area contributed by atoms with Gasteiger partial charge in [-0.2, -0.15) is 0 Å². The molecule has 1 aromatic carbocycles. The smallest absolute Gasteiger partial charge is 0.165 e. The number of rotatable bonds is 0. The van der Waals surface area contributed by atoms with Crippen LogP contribution in [-0.2, 0) is 6.42 Å². The molecule has 1 aliphatic heterocycles. The zero-order valence-corrected chi connectivity index (χ0v) is 8.30. The van der Waals surface area contributed by atoms with Gasteiger partial charge in [0.2, 0.25) is 0 Å². The summed E-state index contributed by atoms with van der Waals surface area (Å²) in [4.78, 5) is 0. The zero-order valence-electron chi connectivity index (χ0n) is 8.30. The standard InChI is InChI=1S/C9H9FO.C2H6/c1-6-5-7-3-2-4-8(10)9(7)11-6;1-2/h2-4,6H,5H2,1H3;1-2H3. The molecule has 1 atom stereocenters. The van der Waals surface area contributed by atoms with Crippen molar-refractivity contribution in [3.8, 4) is 5.75 Å². The van der Waals surface area contributed by atoms with Crippen LogP contribution in [0.5, 0.6) is 5.75 Å². The Hall–Kier alpha value is -1.05. The normalized spacial score (nSPS) is 18.3. The van der Waals surface area contributed by atoms with Crippen molar-refractivity contribution in [3.63, 3.8) is 0 Å². The zero-order chi connectivity index (χ0) is 9.84. The maximum atomic E-state index is 12.9. The number of fused-ring (bicyclic) bond motifs is 1. The molecule has 0 aliphatic carbocycles. The van der Waals surface area contributed by atoms with E-state index in [1.165, 1.54) is 6.07 Å². The fourth-order valence-electron chi connectivity index (χ4n) is 1.40. The predicted octanol–water partition coefficient (Wildman–Crippen LogP) is 3.18. The molecule has 0 saturated heterocycles. The van der Waals surface area contributed by atoms with Crippen molar-refractivity contribution in [1.29, 1.82) is 0 Å². The highest BCUT2D eigenvalue weighted by atomic mass is 19.1. The van der Waals surface area contributed by atoms with Crippen LogP contribution in [0.1, 0.15) is 26.3 Å². The molecule has 0 saturated carbocycles. The average molecular weight is 182 g/mol. The first-order valence-electron chi connectivity index (χ1n) is 4.71. The minimum Gasteiger partial charge on any atom is -0.487 e. The molecule has 0 N–H and O–H groups in total. The Kier molecular flexibility index (Phi) is 3.29. The van der Waals surface area contributed by atoms with Gasteiger partial charge in [-0.1, -0.05) is 26.0 Å². The number of ether oxygens (including phenoxy) is 1. The van der Waals surface area contributed by atoms with Gasteiger partial charge in [-0.25, -0.2) is 4.39 Å². The molecule has 0 fully saturated rings. The Balaban J connectivity index is 0.000000396. The lowest BCUT2D eigenvalue weighted by atomic mass is 10.1. The number of para-hydroxylation sites is 1. The topological polar surface area (TPSA) is 9.23 Å². The summed E-state index contributed by atoms with van der Waals surface area (Å²) in [6, 6.07) is 5.05. The molecular formula is C11H15FO. The Morgan fingerprint density at radius 1 is 1.38 bits per heavy atom. The van der Waals surface area contributed by atoms with Crippen LogP contribution < -0.4 is 4.74 Å². The predicted molar refractivity (Wildman–Crippen MR) is 51.5 cm³/mol. The van der Waals surface area contributed by atoms with E-state index in [1.807, 2.05) is 26.8 Å². The van der Waals surface area contributed by atoms with Crippen LogP contribution >= 0.6 is 0 Å². The van der Waals surface area contributed by atoms with Gasteiger partial charge >= 0.3 is 0 Å². The largest absolute Gasteiger partial charge is 0.487 e. The van der Waals surface area contributed by atoms with Gasteiger partial charge in [0.1, 0.15) is 6.10 Å². The van der Waals surface area contributed by atoms with Gasteiger partial charge in [0.25, 0.3) is 0 Å². The SMILES string of the molecule is CC.CC1Cc2cccc(F)c2O1. The average Bonchev–Trinajstić information content (AvgIpc) is 2.51. The number of halogens is 1. The lowest BCUT2D eigenvalue weighted by Crippen LogP contribution is -2.05. The van der Waals surface area contributed by atoms with Crippen LogP contribution in [0, 0.1) is 5.82 Å². The summed E-state index contributed by atoms with van der Waals surface area (Å²) < 4.78 is 18.2.